The Morgan fingerprint density at radius 1 is 1.32 bits per heavy atom. The Bertz CT molecular complexity index is 420. The zero-order valence-corrected chi connectivity index (χ0v) is 12.8. The summed E-state index contributed by atoms with van der Waals surface area (Å²) in [5.74, 6) is 1.88. The molecule has 1 N–H and O–H groups in total. The van der Waals surface area contributed by atoms with E-state index in [9.17, 15) is 0 Å². The molecule has 1 aliphatic rings. The Morgan fingerprint density at radius 2 is 2.11 bits per heavy atom. The van der Waals surface area contributed by atoms with Crippen molar-refractivity contribution in [1.82, 2.24) is 5.32 Å². The van der Waals surface area contributed by atoms with Crippen molar-refractivity contribution in [3.63, 3.8) is 0 Å². The summed E-state index contributed by atoms with van der Waals surface area (Å²) in [6, 6.07) is 4.49. The van der Waals surface area contributed by atoms with E-state index in [1.165, 1.54) is 36.1 Å². The molecule has 2 rings (SSSR count). The van der Waals surface area contributed by atoms with Crippen LogP contribution in [-0.2, 0) is 6.42 Å². The number of ether oxygens (including phenoxy) is 1. The highest BCUT2D eigenvalue weighted by atomic mass is 16.5. The molecule has 2 heteroatoms. The highest BCUT2D eigenvalue weighted by molar-refractivity contribution is 5.45. The lowest BCUT2D eigenvalue weighted by molar-refractivity contribution is 0.236. The molecule has 0 bridgehead atoms. The Balaban J connectivity index is 2.20. The van der Waals surface area contributed by atoms with Crippen molar-refractivity contribution in [1.29, 1.82) is 0 Å². The zero-order chi connectivity index (χ0) is 13.8. The third kappa shape index (κ3) is 3.73. The van der Waals surface area contributed by atoms with E-state index in [1.807, 2.05) is 0 Å². The lowest BCUT2D eigenvalue weighted by Gasteiger charge is -2.25. The molecule has 106 valence electrons. The fourth-order valence-corrected chi connectivity index (χ4v) is 2.82. The van der Waals surface area contributed by atoms with Crippen molar-refractivity contribution in [2.45, 2.75) is 53.1 Å². The highest BCUT2D eigenvalue weighted by Gasteiger charge is 2.18. The second-order valence-corrected chi connectivity index (χ2v) is 6.08. The summed E-state index contributed by atoms with van der Waals surface area (Å²) in [6.07, 6.45) is 4.01. The van der Waals surface area contributed by atoms with Crippen LogP contribution in [0, 0.1) is 19.8 Å². The molecule has 1 unspecified atom stereocenters. The van der Waals surface area contributed by atoms with E-state index in [-0.39, 0.29) is 6.10 Å². The average molecular weight is 261 g/mol. The van der Waals surface area contributed by atoms with Crippen LogP contribution in [0.3, 0.4) is 0 Å². The van der Waals surface area contributed by atoms with Crippen LogP contribution < -0.4 is 10.1 Å². The van der Waals surface area contributed by atoms with Gasteiger partial charge in [-0.15, -0.1) is 0 Å². The average Bonchev–Trinajstić information content (AvgIpc) is 2.39. The molecule has 0 aromatic heterocycles. The molecule has 1 atom stereocenters. The molecule has 0 spiro atoms. The quantitative estimate of drug-likeness (QED) is 0.893. The van der Waals surface area contributed by atoms with E-state index >= 15 is 0 Å². The minimum atomic E-state index is 0.240. The first-order valence-corrected chi connectivity index (χ1v) is 7.54. The summed E-state index contributed by atoms with van der Waals surface area (Å²) in [4.78, 5) is 0. The summed E-state index contributed by atoms with van der Waals surface area (Å²) in [5.41, 5.74) is 4.00. The van der Waals surface area contributed by atoms with Gasteiger partial charge in [0.1, 0.15) is 5.75 Å². The first kappa shape index (κ1) is 14.4. The normalized spacial score (nSPS) is 19.7. The van der Waals surface area contributed by atoms with Gasteiger partial charge in [-0.25, -0.2) is 0 Å². The monoisotopic (exact) mass is 261 g/mol. The first-order valence-electron chi connectivity index (χ1n) is 7.54. The molecule has 0 amide bonds. The number of rotatable bonds is 4. The molecule has 1 aromatic carbocycles. The number of benzene rings is 1. The number of hydrogen-bond acceptors (Lipinski definition) is 2. The van der Waals surface area contributed by atoms with Crippen molar-refractivity contribution in [2.75, 3.05) is 13.1 Å². The molecule has 19 heavy (non-hydrogen) atoms. The molecule has 1 aliphatic heterocycles. The maximum absolute atomic E-state index is 6.08. The Hall–Kier alpha value is -1.02. The van der Waals surface area contributed by atoms with Crippen LogP contribution in [0.4, 0.5) is 0 Å². The second-order valence-electron chi connectivity index (χ2n) is 6.08. The van der Waals surface area contributed by atoms with Gasteiger partial charge in [-0.05, 0) is 82.7 Å². The van der Waals surface area contributed by atoms with Crippen LogP contribution in [-0.4, -0.2) is 19.2 Å². The van der Waals surface area contributed by atoms with Crippen LogP contribution in [0.2, 0.25) is 0 Å². The van der Waals surface area contributed by atoms with Crippen LogP contribution in [0.1, 0.15) is 43.4 Å². The highest BCUT2D eigenvalue weighted by Crippen LogP contribution is 2.30. The lowest BCUT2D eigenvalue weighted by atomic mass is 9.90. The van der Waals surface area contributed by atoms with Gasteiger partial charge in [0.15, 0.2) is 0 Å². The maximum atomic E-state index is 6.08. The zero-order valence-electron chi connectivity index (χ0n) is 12.8. The van der Waals surface area contributed by atoms with E-state index in [2.05, 4.69) is 45.1 Å². The summed E-state index contributed by atoms with van der Waals surface area (Å²) in [7, 11) is 0. The third-order valence-electron chi connectivity index (χ3n) is 4.02. The molecule has 1 fully saturated rings. The van der Waals surface area contributed by atoms with Crippen molar-refractivity contribution < 1.29 is 4.74 Å². The molecule has 0 aliphatic carbocycles. The van der Waals surface area contributed by atoms with Crippen LogP contribution in [0.15, 0.2) is 12.1 Å². The minimum Gasteiger partial charge on any atom is -0.490 e. The number of aryl methyl sites for hydroxylation is 1. The fourth-order valence-electron chi connectivity index (χ4n) is 2.82. The van der Waals surface area contributed by atoms with Gasteiger partial charge in [0.25, 0.3) is 0 Å². The molecule has 2 nitrogen and oxygen atoms in total. The minimum absolute atomic E-state index is 0.240. The fraction of sp³-hybridized carbons (Fsp3) is 0.647. The molecule has 1 heterocycles. The Morgan fingerprint density at radius 3 is 2.74 bits per heavy atom. The van der Waals surface area contributed by atoms with Gasteiger partial charge in [0, 0.05) is 0 Å². The number of piperidine rings is 1. The molecule has 1 aromatic rings. The smallest absolute Gasteiger partial charge is 0.126 e. The topological polar surface area (TPSA) is 21.3 Å². The Labute approximate surface area is 117 Å². The van der Waals surface area contributed by atoms with E-state index in [0.29, 0.717) is 0 Å². The summed E-state index contributed by atoms with van der Waals surface area (Å²) < 4.78 is 6.08. The summed E-state index contributed by atoms with van der Waals surface area (Å²) in [5, 5.41) is 3.50. The van der Waals surface area contributed by atoms with Gasteiger partial charge in [0.05, 0.1) is 6.10 Å². The van der Waals surface area contributed by atoms with E-state index in [4.69, 9.17) is 4.74 Å². The predicted octanol–water partition coefficient (Wildman–Crippen LogP) is 3.63. The van der Waals surface area contributed by atoms with Gasteiger partial charge >= 0.3 is 0 Å². The molecular formula is C17H27NO. The summed E-state index contributed by atoms with van der Waals surface area (Å²) >= 11 is 0. The number of nitrogens with one attached hydrogen (secondary N) is 1. The van der Waals surface area contributed by atoms with Crippen LogP contribution in [0.5, 0.6) is 5.75 Å². The van der Waals surface area contributed by atoms with E-state index < -0.39 is 0 Å². The largest absolute Gasteiger partial charge is 0.490 e. The number of hydrogen-bond donors (Lipinski definition) is 1. The van der Waals surface area contributed by atoms with Gasteiger partial charge in [-0.1, -0.05) is 12.1 Å². The van der Waals surface area contributed by atoms with Gasteiger partial charge in [-0.3, -0.25) is 0 Å². The summed E-state index contributed by atoms with van der Waals surface area (Å²) in [6.45, 7) is 10.9. The van der Waals surface area contributed by atoms with Crippen molar-refractivity contribution in [3.8, 4) is 5.75 Å². The second kappa shape index (κ2) is 6.42. The van der Waals surface area contributed by atoms with Gasteiger partial charge in [-0.2, -0.15) is 0 Å². The van der Waals surface area contributed by atoms with E-state index in [1.54, 1.807) is 0 Å². The van der Waals surface area contributed by atoms with Crippen molar-refractivity contribution in [3.05, 3.63) is 28.8 Å². The predicted molar refractivity (Wildman–Crippen MR) is 81.0 cm³/mol. The molecule has 0 saturated carbocycles. The molecule has 1 saturated heterocycles. The molecule has 0 radical (unpaired) electrons. The Kier molecular flexibility index (Phi) is 4.87. The lowest BCUT2D eigenvalue weighted by Crippen LogP contribution is -2.31. The first-order chi connectivity index (χ1) is 9.08. The molecular weight excluding hydrogens is 234 g/mol. The van der Waals surface area contributed by atoms with Gasteiger partial charge < -0.3 is 10.1 Å². The third-order valence-corrected chi connectivity index (χ3v) is 4.02. The van der Waals surface area contributed by atoms with Gasteiger partial charge in [0.2, 0.25) is 0 Å². The SMILES string of the molecule is Cc1ccc(CC2CCCNC2)c(OC(C)C)c1C. The maximum Gasteiger partial charge on any atom is 0.126 e. The van der Waals surface area contributed by atoms with E-state index in [0.717, 1.165) is 24.6 Å². The van der Waals surface area contributed by atoms with Crippen LogP contribution in [0.25, 0.3) is 0 Å². The standard InChI is InChI=1S/C17H27NO/c1-12(2)19-17-14(4)13(3)7-8-16(17)10-15-6-5-9-18-11-15/h7-8,12,15,18H,5-6,9-11H2,1-4H3. The van der Waals surface area contributed by atoms with Crippen LogP contribution >= 0.6 is 0 Å². The van der Waals surface area contributed by atoms with Crippen molar-refractivity contribution in [2.24, 2.45) is 5.92 Å². The van der Waals surface area contributed by atoms with Crippen molar-refractivity contribution >= 4 is 0 Å².